The van der Waals surface area contributed by atoms with Gasteiger partial charge in [-0.1, -0.05) is 17.7 Å². The van der Waals surface area contributed by atoms with Crippen molar-refractivity contribution < 1.29 is 9.90 Å². The Labute approximate surface area is 116 Å². The first kappa shape index (κ1) is 13.4. The van der Waals surface area contributed by atoms with Gasteiger partial charge in [0.1, 0.15) is 5.75 Å². The molecule has 1 amide bonds. The highest BCUT2D eigenvalue weighted by Crippen LogP contribution is 2.26. The van der Waals surface area contributed by atoms with Crippen LogP contribution in [-0.4, -0.2) is 16.0 Å². The standard InChI is InChI=1S/C14H13ClN2O2/c15-12-5-4-11(8-13(12)18)17-14(19)6-3-10-2-1-7-16-9-10/h1-2,4-5,7-9,18H,3,6H2,(H,17,19). The van der Waals surface area contributed by atoms with E-state index in [1.54, 1.807) is 18.5 Å². The number of phenols is 1. The van der Waals surface area contributed by atoms with E-state index >= 15 is 0 Å². The van der Waals surface area contributed by atoms with Gasteiger partial charge < -0.3 is 10.4 Å². The van der Waals surface area contributed by atoms with Crippen molar-refractivity contribution in [1.82, 2.24) is 4.98 Å². The van der Waals surface area contributed by atoms with Crippen molar-refractivity contribution in [3.8, 4) is 5.75 Å². The summed E-state index contributed by atoms with van der Waals surface area (Å²) in [6, 6.07) is 8.36. The molecule has 0 atom stereocenters. The van der Waals surface area contributed by atoms with Crippen LogP contribution < -0.4 is 5.32 Å². The largest absolute Gasteiger partial charge is 0.506 e. The lowest BCUT2D eigenvalue weighted by molar-refractivity contribution is -0.116. The fourth-order valence-corrected chi connectivity index (χ4v) is 1.74. The Balaban J connectivity index is 1.89. The fraction of sp³-hybridized carbons (Fsp3) is 0.143. The molecule has 0 unspecified atom stereocenters. The van der Waals surface area contributed by atoms with E-state index in [2.05, 4.69) is 10.3 Å². The van der Waals surface area contributed by atoms with E-state index in [0.29, 0.717) is 18.5 Å². The van der Waals surface area contributed by atoms with Crippen molar-refractivity contribution >= 4 is 23.2 Å². The van der Waals surface area contributed by atoms with Gasteiger partial charge in [0.15, 0.2) is 0 Å². The summed E-state index contributed by atoms with van der Waals surface area (Å²) in [5.41, 5.74) is 1.54. The second-order valence-corrected chi connectivity index (χ2v) is 4.48. The van der Waals surface area contributed by atoms with E-state index in [-0.39, 0.29) is 16.7 Å². The molecule has 1 heterocycles. The lowest BCUT2D eigenvalue weighted by atomic mass is 10.1. The van der Waals surface area contributed by atoms with Crippen LogP contribution in [0.25, 0.3) is 0 Å². The third kappa shape index (κ3) is 3.96. The number of halogens is 1. The molecule has 0 spiro atoms. The molecule has 0 bridgehead atoms. The number of amides is 1. The van der Waals surface area contributed by atoms with Gasteiger partial charge in [0.25, 0.3) is 0 Å². The molecule has 4 nitrogen and oxygen atoms in total. The van der Waals surface area contributed by atoms with Gasteiger partial charge in [-0.05, 0) is 30.2 Å². The second kappa shape index (κ2) is 6.20. The molecule has 0 saturated heterocycles. The maximum absolute atomic E-state index is 11.7. The van der Waals surface area contributed by atoms with Gasteiger partial charge in [-0.3, -0.25) is 9.78 Å². The number of hydrogen-bond acceptors (Lipinski definition) is 3. The van der Waals surface area contributed by atoms with E-state index in [4.69, 9.17) is 11.6 Å². The molecule has 0 aliphatic rings. The van der Waals surface area contributed by atoms with E-state index in [1.807, 2.05) is 12.1 Å². The summed E-state index contributed by atoms with van der Waals surface area (Å²) in [6.45, 7) is 0. The summed E-state index contributed by atoms with van der Waals surface area (Å²) in [5.74, 6) is -0.169. The SMILES string of the molecule is O=C(CCc1cccnc1)Nc1ccc(Cl)c(O)c1. The minimum absolute atomic E-state index is 0.0493. The van der Waals surface area contributed by atoms with Gasteiger partial charge in [0, 0.05) is 30.6 Å². The Kier molecular flexibility index (Phi) is 4.36. The van der Waals surface area contributed by atoms with E-state index in [1.165, 1.54) is 12.1 Å². The molecule has 0 radical (unpaired) electrons. The lowest BCUT2D eigenvalue weighted by Crippen LogP contribution is -2.12. The second-order valence-electron chi connectivity index (χ2n) is 4.08. The lowest BCUT2D eigenvalue weighted by Gasteiger charge is -2.06. The number of aromatic hydroxyl groups is 1. The quantitative estimate of drug-likeness (QED) is 0.902. The first-order valence-electron chi connectivity index (χ1n) is 5.82. The molecule has 2 aromatic rings. The molecule has 2 N–H and O–H groups in total. The number of phenolic OH excluding ortho intramolecular Hbond substituents is 1. The number of benzene rings is 1. The molecule has 0 saturated carbocycles. The molecule has 0 aliphatic carbocycles. The summed E-state index contributed by atoms with van der Waals surface area (Å²) in [4.78, 5) is 15.7. The number of hydrogen-bond donors (Lipinski definition) is 2. The summed E-state index contributed by atoms with van der Waals surface area (Å²) >= 11 is 5.69. The Hall–Kier alpha value is -2.07. The molecule has 2 rings (SSSR count). The zero-order chi connectivity index (χ0) is 13.7. The highest BCUT2D eigenvalue weighted by Gasteiger charge is 2.05. The number of carbonyl (C=O) groups is 1. The molecule has 0 aliphatic heterocycles. The number of aryl methyl sites for hydroxylation is 1. The van der Waals surface area contributed by atoms with E-state index in [0.717, 1.165) is 5.56 Å². The van der Waals surface area contributed by atoms with Crippen LogP contribution in [0.5, 0.6) is 5.75 Å². The predicted octanol–water partition coefficient (Wildman–Crippen LogP) is 3.01. The third-order valence-electron chi connectivity index (χ3n) is 2.59. The highest BCUT2D eigenvalue weighted by atomic mass is 35.5. The Morgan fingerprint density at radius 2 is 2.21 bits per heavy atom. The Bertz CT molecular complexity index is 573. The van der Waals surface area contributed by atoms with E-state index in [9.17, 15) is 9.90 Å². The Morgan fingerprint density at radius 1 is 1.37 bits per heavy atom. The van der Waals surface area contributed by atoms with Gasteiger partial charge in [0.2, 0.25) is 5.91 Å². The van der Waals surface area contributed by atoms with Crippen LogP contribution >= 0.6 is 11.6 Å². The number of aromatic nitrogens is 1. The van der Waals surface area contributed by atoms with Crippen LogP contribution in [0.15, 0.2) is 42.7 Å². The maximum Gasteiger partial charge on any atom is 0.224 e. The number of anilines is 1. The smallest absolute Gasteiger partial charge is 0.224 e. The van der Waals surface area contributed by atoms with Crippen molar-refractivity contribution in [2.24, 2.45) is 0 Å². The van der Waals surface area contributed by atoms with Crippen molar-refractivity contribution in [3.63, 3.8) is 0 Å². The number of nitrogens with zero attached hydrogens (tertiary/aromatic N) is 1. The minimum Gasteiger partial charge on any atom is -0.506 e. The monoisotopic (exact) mass is 276 g/mol. The first-order valence-corrected chi connectivity index (χ1v) is 6.20. The van der Waals surface area contributed by atoms with Crippen LogP contribution in [0.1, 0.15) is 12.0 Å². The molecular weight excluding hydrogens is 264 g/mol. The molecule has 19 heavy (non-hydrogen) atoms. The number of carbonyl (C=O) groups excluding carboxylic acids is 1. The predicted molar refractivity (Wildman–Crippen MR) is 74.3 cm³/mol. The third-order valence-corrected chi connectivity index (χ3v) is 2.91. The number of rotatable bonds is 4. The van der Waals surface area contributed by atoms with Crippen molar-refractivity contribution in [3.05, 3.63) is 53.3 Å². The van der Waals surface area contributed by atoms with Crippen LogP contribution in [0.4, 0.5) is 5.69 Å². The summed E-state index contributed by atoms with van der Waals surface area (Å²) in [6.07, 6.45) is 4.41. The topological polar surface area (TPSA) is 62.2 Å². The summed E-state index contributed by atoms with van der Waals surface area (Å²) in [7, 11) is 0. The van der Waals surface area contributed by atoms with Gasteiger partial charge in [-0.15, -0.1) is 0 Å². The average molecular weight is 277 g/mol. The fourth-order valence-electron chi connectivity index (χ4n) is 1.62. The van der Waals surface area contributed by atoms with Gasteiger partial charge in [0.05, 0.1) is 5.02 Å². The van der Waals surface area contributed by atoms with Gasteiger partial charge >= 0.3 is 0 Å². The first-order chi connectivity index (χ1) is 9.15. The number of pyridine rings is 1. The average Bonchev–Trinajstić information content (AvgIpc) is 2.42. The van der Waals surface area contributed by atoms with Crippen molar-refractivity contribution in [2.45, 2.75) is 12.8 Å². The molecular formula is C14H13ClN2O2. The zero-order valence-corrected chi connectivity index (χ0v) is 10.9. The van der Waals surface area contributed by atoms with Gasteiger partial charge in [-0.25, -0.2) is 0 Å². The molecule has 98 valence electrons. The van der Waals surface area contributed by atoms with Crippen LogP contribution in [0.2, 0.25) is 5.02 Å². The van der Waals surface area contributed by atoms with Crippen molar-refractivity contribution in [2.75, 3.05) is 5.32 Å². The maximum atomic E-state index is 11.7. The van der Waals surface area contributed by atoms with Crippen LogP contribution in [0.3, 0.4) is 0 Å². The summed E-state index contributed by atoms with van der Waals surface area (Å²) in [5, 5.41) is 12.4. The van der Waals surface area contributed by atoms with Crippen molar-refractivity contribution in [1.29, 1.82) is 0 Å². The van der Waals surface area contributed by atoms with Gasteiger partial charge in [-0.2, -0.15) is 0 Å². The highest BCUT2D eigenvalue weighted by molar-refractivity contribution is 6.32. The Morgan fingerprint density at radius 3 is 2.89 bits per heavy atom. The normalized spacial score (nSPS) is 10.2. The van der Waals surface area contributed by atoms with E-state index < -0.39 is 0 Å². The summed E-state index contributed by atoms with van der Waals surface area (Å²) < 4.78 is 0. The minimum atomic E-state index is -0.120. The molecule has 1 aromatic carbocycles. The zero-order valence-electron chi connectivity index (χ0n) is 10.1. The molecule has 1 aromatic heterocycles. The molecule has 0 fully saturated rings. The van der Waals surface area contributed by atoms with Crippen LogP contribution in [0, 0.1) is 0 Å². The molecule has 5 heteroatoms. The van der Waals surface area contributed by atoms with Crippen LogP contribution in [-0.2, 0) is 11.2 Å². The number of nitrogens with one attached hydrogen (secondary N) is 1.